The first-order valence-electron chi connectivity index (χ1n) is 9.43. The molecule has 2 saturated heterocycles. The first-order valence-corrected chi connectivity index (χ1v) is 9.43. The molecule has 9 heteroatoms. The van der Waals surface area contributed by atoms with Crippen molar-refractivity contribution in [2.75, 3.05) is 20.3 Å². The maximum Gasteiger partial charge on any atom is 0.471 e. The number of hydrogen-bond donors (Lipinski definition) is 0. The predicted molar refractivity (Wildman–Crippen MR) is 94.5 cm³/mol. The van der Waals surface area contributed by atoms with Gasteiger partial charge in [0.15, 0.2) is 12.6 Å². The number of fused-ring (bicyclic) bond motifs is 3. The van der Waals surface area contributed by atoms with Crippen molar-refractivity contribution in [3.63, 3.8) is 0 Å². The lowest BCUT2D eigenvalue weighted by atomic mass is 9.84. The summed E-state index contributed by atoms with van der Waals surface area (Å²) in [5.74, 6) is -2.39. The Bertz CT molecular complexity index is 756. The van der Waals surface area contributed by atoms with Crippen molar-refractivity contribution in [2.24, 2.45) is 5.92 Å². The minimum Gasteiger partial charge on any atom is -0.355 e. The molecule has 3 aliphatic heterocycles. The highest BCUT2D eigenvalue weighted by molar-refractivity contribution is 5.82. The quantitative estimate of drug-likeness (QED) is 0.698. The maximum absolute atomic E-state index is 13.3. The molecule has 1 aromatic carbocycles. The Hall–Kier alpha value is -1.94. The zero-order chi connectivity index (χ0) is 20.6. The lowest BCUT2D eigenvalue weighted by molar-refractivity contribution is -0.341. The standard InChI is InChI=1S/C20H22F3NO5/c1-26-18-13-9-5-6-10-24(19(25)20(21,22)23)15(13)16-14(28-18)11-27-17(29-16)12-7-3-2-4-8-12/h2-8,13-18H,9-11H2,1H3/t13-,14-,15+,16-,17?,18+/m1/s1. The number of alkyl halides is 3. The summed E-state index contributed by atoms with van der Waals surface area (Å²) in [6.07, 6.45) is -4.20. The van der Waals surface area contributed by atoms with Gasteiger partial charge in [-0.25, -0.2) is 0 Å². The summed E-state index contributed by atoms with van der Waals surface area (Å²) in [5, 5.41) is 0. The van der Waals surface area contributed by atoms with Crippen molar-refractivity contribution >= 4 is 5.91 Å². The number of rotatable bonds is 2. The monoisotopic (exact) mass is 413 g/mol. The number of benzene rings is 1. The molecule has 0 radical (unpaired) electrons. The van der Waals surface area contributed by atoms with Crippen LogP contribution in [-0.2, 0) is 23.7 Å². The SMILES string of the molecule is CO[C@H]1O[C@@H]2COC(c3ccccc3)O[C@H]2[C@@H]2[C@H]1CC=CCN2C(=O)C(F)(F)F. The normalized spacial score (nSPS) is 34.8. The minimum atomic E-state index is -4.98. The third-order valence-electron chi connectivity index (χ3n) is 5.54. The number of hydrogen-bond acceptors (Lipinski definition) is 5. The fourth-order valence-electron chi connectivity index (χ4n) is 4.26. The Balaban J connectivity index is 1.68. The van der Waals surface area contributed by atoms with Crippen molar-refractivity contribution in [1.82, 2.24) is 4.90 Å². The second-order valence-electron chi connectivity index (χ2n) is 7.27. The Kier molecular flexibility index (Phi) is 5.65. The van der Waals surface area contributed by atoms with Gasteiger partial charge in [0, 0.05) is 25.1 Å². The highest BCUT2D eigenvalue weighted by atomic mass is 19.4. The number of nitrogens with zero attached hydrogens (tertiary/aromatic N) is 1. The van der Waals surface area contributed by atoms with E-state index < -0.39 is 48.8 Å². The van der Waals surface area contributed by atoms with Crippen LogP contribution in [0.2, 0.25) is 0 Å². The summed E-state index contributed by atoms with van der Waals surface area (Å²) < 4.78 is 63.2. The third-order valence-corrected chi connectivity index (χ3v) is 5.54. The summed E-state index contributed by atoms with van der Waals surface area (Å²) in [4.78, 5) is 13.1. The fourth-order valence-corrected chi connectivity index (χ4v) is 4.26. The molecule has 3 aliphatic rings. The van der Waals surface area contributed by atoms with Gasteiger partial charge in [-0.15, -0.1) is 0 Å². The number of carbonyl (C=O) groups excluding carboxylic acids is 1. The van der Waals surface area contributed by atoms with E-state index >= 15 is 0 Å². The lowest BCUT2D eigenvalue weighted by Gasteiger charge is -2.51. The van der Waals surface area contributed by atoms with Gasteiger partial charge in [-0.2, -0.15) is 13.2 Å². The molecular weight excluding hydrogens is 391 g/mol. The molecular formula is C20H22F3NO5. The predicted octanol–water partition coefficient (Wildman–Crippen LogP) is 2.81. The van der Waals surface area contributed by atoms with E-state index in [2.05, 4.69) is 0 Å². The van der Waals surface area contributed by atoms with E-state index in [1.807, 2.05) is 30.3 Å². The van der Waals surface area contributed by atoms with E-state index in [1.54, 1.807) is 12.2 Å². The molecule has 0 aromatic heterocycles. The number of carbonyl (C=O) groups is 1. The molecule has 0 spiro atoms. The molecule has 6 atom stereocenters. The van der Waals surface area contributed by atoms with Gasteiger partial charge < -0.3 is 23.8 Å². The second kappa shape index (κ2) is 8.06. The highest BCUT2D eigenvalue weighted by Crippen LogP contribution is 2.41. The zero-order valence-corrected chi connectivity index (χ0v) is 15.7. The van der Waals surface area contributed by atoms with Gasteiger partial charge in [0.05, 0.1) is 12.6 Å². The van der Waals surface area contributed by atoms with Crippen molar-refractivity contribution < 1.29 is 36.9 Å². The summed E-state index contributed by atoms with van der Waals surface area (Å²) in [6.45, 7) is -0.0336. The average molecular weight is 413 g/mol. The average Bonchev–Trinajstić information content (AvgIpc) is 2.95. The summed E-state index contributed by atoms with van der Waals surface area (Å²) in [7, 11) is 1.43. The Morgan fingerprint density at radius 2 is 1.93 bits per heavy atom. The van der Waals surface area contributed by atoms with Crippen molar-refractivity contribution in [2.45, 2.75) is 43.4 Å². The van der Waals surface area contributed by atoms with E-state index in [0.717, 1.165) is 10.5 Å². The number of allylic oxidation sites excluding steroid dienone is 1. The van der Waals surface area contributed by atoms with Crippen LogP contribution in [0.1, 0.15) is 18.3 Å². The van der Waals surface area contributed by atoms with Crippen molar-refractivity contribution in [3.8, 4) is 0 Å². The Morgan fingerprint density at radius 3 is 2.62 bits per heavy atom. The van der Waals surface area contributed by atoms with E-state index in [0.29, 0.717) is 6.42 Å². The molecule has 2 fully saturated rings. The third kappa shape index (κ3) is 3.92. The Labute approximate surface area is 166 Å². The topological polar surface area (TPSA) is 57.2 Å². The molecule has 0 saturated carbocycles. The van der Waals surface area contributed by atoms with Gasteiger partial charge >= 0.3 is 12.1 Å². The number of amides is 1. The van der Waals surface area contributed by atoms with E-state index in [4.69, 9.17) is 18.9 Å². The summed E-state index contributed by atoms with van der Waals surface area (Å²) >= 11 is 0. The van der Waals surface area contributed by atoms with Gasteiger partial charge in [0.1, 0.15) is 12.2 Å². The molecule has 0 bridgehead atoms. The maximum atomic E-state index is 13.3. The first-order chi connectivity index (χ1) is 13.9. The smallest absolute Gasteiger partial charge is 0.355 e. The van der Waals surface area contributed by atoms with Crippen LogP contribution >= 0.6 is 0 Å². The van der Waals surface area contributed by atoms with Crippen LogP contribution in [0.25, 0.3) is 0 Å². The van der Waals surface area contributed by atoms with Crippen LogP contribution in [-0.4, -0.2) is 61.8 Å². The fraction of sp³-hybridized carbons (Fsp3) is 0.550. The molecule has 0 aliphatic carbocycles. The van der Waals surface area contributed by atoms with Gasteiger partial charge in [0.25, 0.3) is 0 Å². The van der Waals surface area contributed by atoms with Gasteiger partial charge in [-0.3, -0.25) is 4.79 Å². The van der Waals surface area contributed by atoms with Crippen LogP contribution < -0.4 is 0 Å². The molecule has 0 N–H and O–H groups in total. The second-order valence-corrected chi connectivity index (χ2v) is 7.27. The molecule has 1 aromatic rings. The molecule has 4 rings (SSSR count). The largest absolute Gasteiger partial charge is 0.471 e. The number of ether oxygens (including phenoxy) is 4. The Morgan fingerprint density at radius 1 is 1.17 bits per heavy atom. The van der Waals surface area contributed by atoms with Gasteiger partial charge in [0.2, 0.25) is 0 Å². The van der Waals surface area contributed by atoms with Crippen LogP contribution in [0.5, 0.6) is 0 Å². The van der Waals surface area contributed by atoms with E-state index in [-0.39, 0.29) is 13.2 Å². The molecule has 3 heterocycles. The minimum absolute atomic E-state index is 0.120. The van der Waals surface area contributed by atoms with E-state index in [1.165, 1.54) is 7.11 Å². The highest BCUT2D eigenvalue weighted by Gasteiger charge is 2.56. The van der Waals surface area contributed by atoms with Gasteiger partial charge in [-0.1, -0.05) is 42.5 Å². The lowest BCUT2D eigenvalue weighted by Crippen LogP contribution is -2.66. The van der Waals surface area contributed by atoms with Crippen LogP contribution in [0.4, 0.5) is 13.2 Å². The van der Waals surface area contributed by atoms with Crippen LogP contribution in [0.15, 0.2) is 42.5 Å². The van der Waals surface area contributed by atoms with Crippen molar-refractivity contribution in [1.29, 1.82) is 0 Å². The molecule has 29 heavy (non-hydrogen) atoms. The summed E-state index contributed by atoms with van der Waals surface area (Å²) in [5.41, 5.74) is 0.747. The zero-order valence-electron chi connectivity index (χ0n) is 15.7. The number of methoxy groups -OCH3 is 1. The molecule has 158 valence electrons. The molecule has 1 unspecified atom stereocenters. The van der Waals surface area contributed by atoms with Crippen LogP contribution in [0.3, 0.4) is 0 Å². The summed E-state index contributed by atoms with van der Waals surface area (Å²) in [6, 6.07) is 8.26. The van der Waals surface area contributed by atoms with E-state index in [9.17, 15) is 18.0 Å². The number of halogens is 3. The van der Waals surface area contributed by atoms with Crippen LogP contribution in [0, 0.1) is 5.92 Å². The molecule has 6 nitrogen and oxygen atoms in total. The van der Waals surface area contributed by atoms with Gasteiger partial charge in [-0.05, 0) is 6.42 Å². The first kappa shape index (κ1) is 20.3. The van der Waals surface area contributed by atoms with Crippen molar-refractivity contribution in [3.05, 3.63) is 48.0 Å². The molecule has 1 amide bonds.